The topological polar surface area (TPSA) is 99.2 Å². The Bertz CT molecular complexity index is 1680. The van der Waals surface area contributed by atoms with Gasteiger partial charge in [-0.3, -0.25) is 19.5 Å². The van der Waals surface area contributed by atoms with E-state index in [9.17, 15) is 9.59 Å². The van der Waals surface area contributed by atoms with Crippen molar-refractivity contribution < 1.29 is 28.5 Å². The maximum Gasteiger partial charge on any atom is 0.303 e. The predicted molar refractivity (Wildman–Crippen MR) is 165 cm³/mol. The van der Waals surface area contributed by atoms with E-state index in [0.717, 1.165) is 48.1 Å². The maximum absolute atomic E-state index is 14.0. The first-order valence-electron chi connectivity index (χ1n) is 15.2. The maximum atomic E-state index is 14.0. The van der Waals surface area contributed by atoms with E-state index in [1.165, 1.54) is 12.5 Å². The third kappa shape index (κ3) is 5.91. The predicted octanol–water partition coefficient (Wildman–Crippen LogP) is 4.56. The van der Waals surface area contributed by atoms with Gasteiger partial charge in [0.2, 0.25) is 0 Å². The first-order valence-corrected chi connectivity index (χ1v) is 15.2. The number of nitrogens with zero attached hydrogens (tertiary/aromatic N) is 2. The van der Waals surface area contributed by atoms with Crippen LogP contribution in [0.4, 0.5) is 5.69 Å². The number of hydrogen-bond acceptors (Lipinski definition) is 8. The Kier molecular flexibility index (Phi) is 7.99. The van der Waals surface area contributed by atoms with Crippen LogP contribution in [0, 0.1) is 0 Å². The van der Waals surface area contributed by atoms with Gasteiger partial charge in [-0.1, -0.05) is 54.6 Å². The largest absolute Gasteiger partial charge is 0.485 e. The van der Waals surface area contributed by atoms with Crippen molar-refractivity contribution in [1.82, 2.24) is 9.88 Å². The highest BCUT2D eigenvalue weighted by atomic mass is 16.7. The number of rotatable bonds is 8. The number of ether oxygens (including phenoxy) is 4. The number of carbonyl (C=O) groups excluding carboxylic acids is 2. The molecule has 0 bridgehead atoms. The van der Waals surface area contributed by atoms with Crippen molar-refractivity contribution in [2.75, 3.05) is 31.6 Å². The van der Waals surface area contributed by atoms with E-state index >= 15 is 0 Å². The number of hydrogen-bond donors (Lipinski definition) is 1. The van der Waals surface area contributed by atoms with Crippen molar-refractivity contribution in [3.05, 3.63) is 101 Å². The molecule has 44 heavy (non-hydrogen) atoms. The number of para-hydroxylation sites is 1. The molecule has 2 fully saturated rings. The Balaban J connectivity index is 1.09. The van der Waals surface area contributed by atoms with Gasteiger partial charge in [-0.25, -0.2) is 0 Å². The molecule has 4 atom stereocenters. The molecule has 7 rings (SSSR count). The van der Waals surface area contributed by atoms with Gasteiger partial charge in [0.15, 0.2) is 12.2 Å². The number of benzene rings is 3. The van der Waals surface area contributed by atoms with Gasteiger partial charge in [-0.15, -0.1) is 0 Å². The summed E-state index contributed by atoms with van der Waals surface area (Å²) in [5, 5.41) is 3.97. The first kappa shape index (κ1) is 28.5. The average molecular weight is 594 g/mol. The van der Waals surface area contributed by atoms with Gasteiger partial charge >= 0.3 is 5.97 Å². The summed E-state index contributed by atoms with van der Waals surface area (Å²) < 4.78 is 23.3. The van der Waals surface area contributed by atoms with Gasteiger partial charge in [0.25, 0.3) is 5.91 Å². The van der Waals surface area contributed by atoms with Crippen LogP contribution in [0.2, 0.25) is 0 Å². The lowest BCUT2D eigenvalue weighted by Gasteiger charge is -2.30. The Hall–Kier alpha value is -4.31. The van der Waals surface area contributed by atoms with Gasteiger partial charge in [-0.05, 0) is 30.2 Å². The van der Waals surface area contributed by atoms with E-state index in [-0.39, 0.29) is 36.8 Å². The minimum absolute atomic E-state index is 0.172. The number of amides is 1. The standard InChI is InChI=1S/C35H35N3O6/c1-22(39)43-30-20-41-34-31(21-42-33(30)34)44-25-11-7-10-24(18-25)36-35(40)32-26-12-5-6-13-28(26)37-29-15-17-38(19-27(29)32)16-14-23-8-3-2-4-9-23/h2-13,18,30-31,33-34H,14-17,19-21H2,1H3,(H,36,40)/t30-,31-,33+,34+/m0/s1. The van der Waals surface area contributed by atoms with Crippen molar-refractivity contribution in [3.63, 3.8) is 0 Å². The molecule has 2 saturated heterocycles. The Morgan fingerprint density at radius 2 is 1.73 bits per heavy atom. The molecule has 3 aliphatic heterocycles. The van der Waals surface area contributed by atoms with Gasteiger partial charge < -0.3 is 24.3 Å². The Morgan fingerprint density at radius 1 is 0.955 bits per heavy atom. The zero-order chi connectivity index (χ0) is 30.0. The van der Waals surface area contributed by atoms with Gasteiger partial charge in [0.05, 0.1) is 24.3 Å². The summed E-state index contributed by atoms with van der Waals surface area (Å²) in [5.41, 5.74) is 5.40. The van der Waals surface area contributed by atoms with E-state index in [2.05, 4.69) is 34.5 Å². The molecule has 3 aliphatic rings. The van der Waals surface area contributed by atoms with Crippen molar-refractivity contribution in [2.24, 2.45) is 0 Å². The van der Waals surface area contributed by atoms with Crippen LogP contribution in [-0.4, -0.2) is 72.5 Å². The van der Waals surface area contributed by atoms with Crippen molar-refractivity contribution >= 4 is 28.5 Å². The second kappa shape index (κ2) is 12.4. The highest BCUT2D eigenvalue weighted by Gasteiger charge is 2.50. The Labute approximate surface area is 256 Å². The fourth-order valence-corrected chi connectivity index (χ4v) is 6.49. The molecule has 0 spiro atoms. The number of nitrogens with one attached hydrogen (secondary N) is 1. The molecule has 1 N–H and O–H groups in total. The molecule has 0 unspecified atom stereocenters. The van der Waals surface area contributed by atoms with Crippen LogP contribution in [0.5, 0.6) is 5.75 Å². The fourth-order valence-electron chi connectivity index (χ4n) is 6.49. The molecule has 0 aliphatic carbocycles. The SMILES string of the molecule is CC(=O)O[C@H]1CO[C@H]2[C@@H]1OC[C@@H]2Oc1cccc(NC(=O)c2c3c(nc4ccccc24)CCN(CCc2ccccc2)C3)c1. The van der Waals surface area contributed by atoms with Crippen LogP contribution in [0.1, 0.15) is 34.1 Å². The monoisotopic (exact) mass is 593 g/mol. The highest BCUT2D eigenvalue weighted by Crippen LogP contribution is 2.33. The molecule has 9 heteroatoms. The minimum atomic E-state index is -0.438. The molecule has 1 aromatic heterocycles. The summed E-state index contributed by atoms with van der Waals surface area (Å²) in [6, 6.07) is 25.7. The highest BCUT2D eigenvalue weighted by molar-refractivity contribution is 6.13. The lowest BCUT2D eigenvalue weighted by atomic mass is 9.95. The molecule has 9 nitrogen and oxygen atoms in total. The molecule has 226 valence electrons. The number of anilines is 1. The van der Waals surface area contributed by atoms with Crippen LogP contribution >= 0.6 is 0 Å². The van der Waals surface area contributed by atoms with E-state index in [1.807, 2.05) is 54.6 Å². The van der Waals surface area contributed by atoms with E-state index in [4.69, 9.17) is 23.9 Å². The lowest BCUT2D eigenvalue weighted by Crippen LogP contribution is -2.36. The molecule has 3 aromatic carbocycles. The zero-order valence-electron chi connectivity index (χ0n) is 24.6. The third-order valence-corrected chi connectivity index (χ3v) is 8.57. The van der Waals surface area contributed by atoms with Gasteiger partial charge in [0, 0.05) is 61.4 Å². The minimum Gasteiger partial charge on any atom is -0.485 e. The van der Waals surface area contributed by atoms with E-state index in [0.29, 0.717) is 30.2 Å². The van der Waals surface area contributed by atoms with E-state index in [1.54, 1.807) is 0 Å². The summed E-state index contributed by atoms with van der Waals surface area (Å²) in [7, 11) is 0. The van der Waals surface area contributed by atoms with Crippen molar-refractivity contribution in [2.45, 2.75) is 50.7 Å². The van der Waals surface area contributed by atoms with Gasteiger partial charge in [-0.2, -0.15) is 0 Å². The summed E-state index contributed by atoms with van der Waals surface area (Å²) in [6.45, 7) is 4.46. The van der Waals surface area contributed by atoms with Gasteiger partial charge in [0.1, 0.15) is 18.0 Å². The molecule has 4 heterocycles. The second-order valence-corrected chi connectivity index (χ2v) is 11.6. The first-order chi connectivity index (χ1) is 21.5. The lowest BCUT2D eigenvalue weighted by molar-refractivity contribution is -0.150. The normalized spacial score (nSPS) is 22.8. The summed E-state index contributed by atoms with van der Waals surface area (Å²) in [5.74, 6) is 0.0543. The van der Waals surface area contributed by atoms with Crippen molar-refractivity contribution in [1.29, 1.82) is 0 Å². The molecular formula is C35H35N3O6. The van der Waals surface area contributed by atoms with Crippen LogP contribution in [0.15, 0.2) is 78.9 Å². The molecular weight excluding hydrogens is 558 g/mol. The zero-order valence-corrected chi connectivity index (χ0v) is 24.6. The van der Waals surface area contributed by atoms with Crippen molar-refractivity contribution in [3.8, 4) is 5.75 Å². The van der Waals surface area contributed by atoms with Crippen LogP contribution in [-0.2, 0) is 38.4 Å². The molecule has 0 radical (unpaired) electrons. The number of esters is 1. The van der Waals surface area contributed by atoms with Crippen LogP contribution in [0.25, 0.3) is 10.9 Å². The molecule has 4 aromatic rings. The smallest absolute Gasteiger partial charge is 0.303 e. The van der Waals surface area contributed by atoms with Crippen LogP contribution in [0.3, 0.4) is 0 Å². The Morgan fingerprint density at radius 3 is 2.57 bits per heavy atom. The van der Waals surface area contributed by atoms with Crippen LogP contribution < -0.4 is 10.1 Å². The number of aromatic nitrogens is 1. The van der Waals surface area contributed by atoms with E-state index < -0.39 is 6.10 Å². The quantitative estimate of drug-likeness (QED) is 0.297. The molecule has 0 saturated carbocycles. The summed E-state index contributed by atoms with van der Waals surface area (Å²) >= 11 is 0. The fraction of sp³-hybridized carbons (Fsp3) is 0.343. The average Bonchev–Trinajstić information content (AvgIpc) is 3.62. The summed E-state index contributed by atoms with van der Waals surface area (Å²) in [4.78, 5) is 32.8. The number of fused-ring (bicyclic) bond motifs is 3. The molecule has 1 amide bonds. The number of pyridine rings is 1. The number of carbonyl (C=O) groups is 2. The third-order valence-electron chi connectivity index (χ3n) is 8.57. The second-order valence-electron chi connectivity index (χ2n) is 11.6. The summed E-state index contributed by atoms with van der Waals surface area (Å²) in [6.07, 6.45) is 0.262.